The van der Waals surface area contributed by atoms with Crippen LogP contribution in [0.25, 0.3) is 10.9 Å². The molecule has 7 nitrogen and oxygen atoms in total. The Kier molecular flexibility index (Phi) is 6.27. The van der Waals surface area contributed by atoms with Gasteiger partial charge in [0.05, 0.1) is 17.2 Å². The van der Waals surface area contributed by atoms with Gasteiger partial charge in [0.25, 0.3) is 5.56 Å². The lowest BCUT2D eigenvalue weighted by molar-refractivity contribution is 0.364. The fourth-order valence-corrected chi connectivity index (χ4v) is 2.56. The molecular formula is C17H22ClN5O2. The molecule has 2 aromatic heterocycles. The lowest BCUT2D eigenvalue weighted by Gasteiger charge is -2.06. The van der Waals surface area contributed by atoms with Gasteiger partial charge < -0.3 is 9.84 Å². The van der Waals surface area contributed by atoms with Gasteiger partial charge >= 0.3 is 0 Å². The number of fused-ring (bicyclic) bond motifs is 1. The molecule has 0 saturated heterocycles. The van der Waals surface area contributed by atoms with E-state index >= 15 is 0 Å². The Morgan fingerprint density at radius 2 is 2.16 bits per heavy atom. The number of aromatic nitrogens is 4. The number of nitrogens with one attached hydrogen (secondary N) is 1. The number of para-hydroxylation sites is 1. The number of likely N-dealkylation sites (N-methyl/N-ethyl adjacent to an activating group) is 1. The molecule has 3 rings (SSSR count). The molecule has 8 heteroatoms. The molecule has 0 saturated carbocycles. The molecule has 3 aromatic rings. The van der Waals surface area contributed by atoms with Crippen molar-refractivity contribution in [1.82, 2.24) is 25.0 Å². The van der Waals surface area contributed by atoms with Crippen LogP contribution in [0.15, 0.2) is 33.8 Å². The number of aryl methyl sites for hydroxylation is 3. The Balaban J connectivity index is 0.00000225. The average Bonchev–Trinajstić information content (AvgIpc) is 3.02. The van der Waals surface area contributed by atoms with Gasteiger partial charge in [-0.25, -0.2) is 4.98 Å². The maximum atomic E-state index is 12.5. The van der Waals surface area contributed by atoms with E-state index < -0.39 is 0 Å². The van der Waals surface area contributed by atoms with Gasteiger partial charge in [0.2, 0.25) is 5.89 Å². The summed E-state index contributed by atoms with van der Waals surface area (Å²) in [7, 11) is 1.90. The number of nitrogens with zero attached hydrogens (tertiary/aromatic N) is 4. The molecule has 1 atom stereocenters. The van der Waals surface area contributed by atoms with Crippen LogP contribution in [-0.4, -0.2) is 32.8 Å². The van der Waals surface area contributed by atoms with E-state index in [1.54, 1.807) is 17.0 Å². The quantitative estimate of drug-likeness (QED) is 0.720. The van der Waals surface area contributed by atoms with Gasteiger partial charge in [-0.05, 0) is 32.5 Å². The van der Waals surface area contributed by atoms with Gasteiger partial charge in [0.1, 0.15) is 0 Å². The highest BCUT2D eigenvalue weighted by atomic mass is 35.5. The van der Waals surface area contributed by atoms with Crippen molar-refractivity contribution >= 4 is 23.3 Å². The zero-order valence-electron chi connectivity index (χ0n) is 14.5. The summed E-state index contributed by atoms with van der Waals surface area (Å²) in [6, 6.07) is 5.91. The molecule has 2 heterocycles. The molecule has 0 aliphatic rings. The largest absolute Gasteiger partial charge is 0.339 e. The van der Waals surface area contributed by atoms with Crippen LogP contribution < -0.4 is 10.9 Å². The van der Waals surface area contributed by atoms with Crippen LogP contribution in [-0.2, 0) is 19.4 Å². The third-order valence-corrected chi connectivity index (χ3v) is 4.11. The van der Waals surface area contributed by atoms with E-state index in [9.17, 15) is 4.79 Å². The fourth-order valence-electron chi connectivity index (χ4n) is 2.56. The van der Waals surface area contributed by atoms with Gasteiger partial charge in [0, 0.05) is 25.4 Å². The molecule has 25 heavy (non-hydrogen) atoms. The molecular weight excluding hydrogens is 342 g/mol. The summed E-state index contributed by atoms with van der Waals surface area (Å²) < 4.78 is 6.84. The van der Waals surface area contributed by atoms with Crippen LogP contribution >= 0.6 is 12.4 Å². The minimum absolute atomic E-state index is 0. The Labute approximate surface area is 151 Å². The van der Waals surface area contributed by atoms with E-state index in [0.717, 1.165) is 11.1 Å². The van der Waals surface area contributed by atoms with Gasteiger partial charge in [-0.1, -0.05) is 17.3 Å². The van der Waals surface area contributed by atoms with Crippen LogP contribution in [0.2, 0.25) is 0 Å². The van der Waals surface area contributed by atoms with Gasteiger partial charge in [0.15, 0.2) is 5.82 Å². The van der Waals surface area contributed by atoms with Crippen LogP contribution in [0.1, 0.15) is 24.2 Å². The Bertz CT molecular complexity index is 905. The maximum absolute atomic E-state index is 12.5. The van der Waals surface area contributed by atoms with Crippen LogP contribution in [0.5, 0.6) is 0 Å². The molecule has 1 N–H and O–H groups in total. The highest BCUT2D eigenvalue weighted by Crippen LogP contribution is 2.11. The Morgan fingerprint density at radius 3 is 2.92 bits per heavy atom. The van der Waals surface area contributed by atoms with E-state index in [1.807, 2.05) is 26.1 Å². The predicted molar refractivity (Wildman–Crippen MR) is 98.2 cm³/mol. The molecule has 0 fully saturated rings. The third-order valence-electron chi connectivity index (χ3n) is 4.11. The van der Waals surface area contributed by atoms with Crippen molar-refractivity contribution in [2.24, 2.45) is 0 Å². The molecule has 1 unspecified atom stereocenters. The van der Waals surface area contributed by atoms with Crippen molar-refractivity contribution in [3.63, 3.8) is 0 Å². The van der Waals surface area contributed by atoms with E-state index in [0.29, 0.717) is 36.5 Å². The standard InChI is InChI=1S/C17H21N5O2.ClH/c1-11-5-4-6-13-16(11)19-10-22(17(13)23)8-7-15-20-14(21-24-15)9-12(2)18-3;/h4-6,10,12,18H,7-9H2,1-3H3;1H. The molecule has 0 aliphatic heterocycles. The minimum atomic E-state index is -0.0488. The van der Waals surface area contributed by atoms with Crippen LogP contribution in [0.3, 0.4) is 0 Å². The van der Waals surface area contributed by atoms with Crippen LogP contribution in [0, 0.1) is 6.92 Å². The molecule has 0 spiro atoms. The summed E-state index contributed by atoms with van der Waals surface area (Å²) in [5.74, 6) is 1.20. The van der Waals surface area contributed by atoms with Crippen molar-refractivity contribution in [2.75, 3.05) is 7.05 Å². The van der Waals surface area contributed by atoms with Crippen molar-refractivity contribution in [3.8, 4) is 0 Å². The van der Waals surface area contributed by atoms with Crippen molar-refractivity contribution in [3.05, 3.63) is 52.2 Å². The van der Waals surface area contributed by atoms with Gasteiger partial charge in [-0.2, -0.15) is 4.98 Å². The first-order valence-electron chi connectivity index (χ1n) is 8.02. The smallest absolute Gasteiger partial charge is 0.261 e. The van der Waals surface area contributed by atoms with Gasteiger partial charge in [-0.3, -0.25) is 9.36 Å². The predicted octanol–water partition coefficient (Wildman–Crippen LogP) is 1.90. The van der Waals surface area contributed by atoms with E-state index in [1.165, 1.54) is 0 Å². The lowest BCUT2D eigenvalue weighted by Crippen LogP contribution is -2.24. The molecule has 0 bridgehead atoms. The monoisotopic (exact) mass is 363 g/mol. The zero-order valence-corrected chi connectivity index (χ0v) is 15.3. The first-order chi connectivity index (χ1) is 11.6. The summed E-state index contributed by atoms with van der Waals surface area (Å²) >= 11 is 0. The minimum Gasteiger partial charge on any atom is -0.339 e. The number of benzene rings is 1. The first-order valence-corrected chi connectivity index (χ1v) is 8.02. The highest BCUT2D eigenvalue weighted by molar-refractivity contribution is 5.85. The number of hydrogen-bond donors (Lipinski definition) is 1. The SMILES string of the molecule is CNC(C)Cc1noc(CCn2cnc3c(C)cccc3c2=O)n1.Cl. The first kappa shape index (κ1) is 19.1. The number of rotatable bonds is 6. The second kappa shape index (κ2) is 8.22. The molecule has 0 amide bonds. The number of hydrogen-bond acceptors (Lipinski definition) is 6. The second-order valence-corrected chi connectivity index (χ2v) is 5.96. The third kappa shape index (κ3) is 4.24. The molecule has 1 aromatic carbocycles. The summed E-state index contributed by atoms with van der Waals surface area (Å²) in [5, 5.41) is 7.74. The molecule has 0 radical (unpaired) electrons. The van der Waals surface area contributed by atoms with Crippen LogP contribution in [0.4, 0.5) is 0 Å². The second-order valence-electron chi connectivity index (χ2n) is 5.96. The fraction of sp³-hybridized carbons (Fsp3) is 0.412. The average molecular weight is 364 g/mol. The Hall–Kier alpha value is -2.25. The molecule has 134 valence electrons. The van der Waals surface area contributed by atoms with Gasteiger partial charge in [-0.15, -0.1) is 12.4 Å². The molecule has 0 aliphatic carbocycles. The summed E-state index contributed by atoms with van der Waals surface area (Å²) in [4.78, 5) is 21.3. The lowest BCUT2D eigenvalue weighted by atomic mass is 10.1. The van der Waals surface area contributed by atoms with E-state index in [-0.39, 0.29) is 24.0 Å². The summed E-state index contributed by atoms with van der Waals surface area (Å²) in [5.41, 5.74) is 1.70. The van der Waals surface area contributed by atoms with Crippen molar-refractivity contribution < 1.29 is 4.52 Å². The maximum Gasteiger partial charge on any atom is 0.261 e. The Morgan fingerprint density at radius 1 is 1.36 bits per heavy atom. The van der Waals surface area contributed by atoms with E-state index in [4.69, 9.17) is 4.52 Å². The number of halogens is 1. The summed E-state index contributed by atoms with van der Waals surface area (Å²) in [6.07, 6.45) is 2.79. The normalized spacial score (nSPS) is 12.1. The van der Waals surface area contributed by atoms with Crippen molar-refractivity contribution in [1.29, 1.82) is 0 Å². The summed E-state index contributed by atoms with van der Waals surface area (Å²) in [6.45, 7) is 4.46. The zero-order chi connectivity index (χ0) is 17.1. The van der Waals surface area contributed by atoms with Crippen molar-refractivity contribution in [2.45, 2.75) is 39.3 Å². The topological polar surface area (TPSA) is 85.8 Å². The van der Waals surface area contributed by atoms with E-state index in [2.05, 4.69) is 27.4 Å². The highest BCUT2D eigenvalue weighted by Gasteiger charge is 2.11.